The fraction of sp³-hybridized carbons (Fsp3) is 0.500. The second-order valence-electron chi connectivity index (χ2n) is 5.48. The molecular formula is C14H19N7O. The number of rotatable bonds is 4. The highest BCUT2D eigenvalue weighted by Gasteiger charge is 2.31. The molecule has 1 N–H and O–H groups in total. The van der Waals surface area contributed by atoms with E-state index < -0.39 is 0 Å². The van der Waals surface area contributed by atoms with Crippen LogP contribution in [0.3, 0.4) is 0 Å². The van der Waals surface area contributed by atoms with Crippen LogP contribution in [0.1, 0.15) is 24.4 Å². The van der Waals surface area contributed by atoms with Crippen molar-refractivity contribution in [3.05, 3.63) is 29.7 Å². The van der Waals surface area contributed by atoms with Gasteiger partial charge in [-0.2, -0.15) is 4.80 Å². The minimum Gasteiger partial charge on any atom is -0.309 e. The van der Waals surface area contributed by atoms with Crippen molar-refractivity contribution >= 4 is 11.7 Å². The standard InChI is InChI=1S/C14H19N7O/c1-10-5-3-7-12(15-10)16-14(22)11-6-4-8-21(11)9-13-17-19-20(2)18-13/h3,5,7,11H,4,6,8-9H2,1-2H3,(H,15,16,22)/t11-/m1/s1. The lowest BCUT2D eigenvalue weighted by Gasteiger charge is -2.21. The Hall–Kier alpha value is -2.35. The maximum Gasteiger partial charge on any atom is 0.242 e. The molecule has 0 spiro atoms. The Bertz CT molecular complexity index is 669. The Kier molecular flexibility index (Phi) is 4.10. The SMILES string of the molecule is Cc1cccc(NC(=O)[C@H]2CCCN2Cc2nnn(C)n2)n1. The molecule has 0 radical (unpaired) electrons. The fourth-order valence-corrected chi connectivity index (χ4v) is 2.70. The van der Waals surface area contributed by atoms with E-state index in [2.05, 4.69) is 30.6 Å². The number of carbonyl (C=O) groups excluding carboxylic acids is 1. The lowest BCUT2D eigenvalue weighted by molar-refractivity contribution is -0.120. The van der Waals surface area contributed by atoms with Gasteiger partial charge in [0.15, 0.2) is 5.82 Å². The molecule has 22 heavy (non-hydrogen) atoms. The Balaban J connectivity index is 1.65. The van der Waals surface area contributed by atoms with Crippen LogP contribution in [0.25, 0.3) is 0 Å². The number of nitrogens with zero attached hydrogens (tertiary/aromatic N) is 6. The minimum atomic E-state index is -0.175. The molecule has 1 amide bonds. The molecule has 1 aliphatic heterocycles. The smallest absolute Gasteiger partial charge is 0.242 e. The fourth-order valence-electron chi connectivity index (χ4n) is 2.70. The van der Waals surface area contributed by atoms with E-state index in [1.54, 1.807) is 13.1 Å². The topological polar surface area (TPSA) is 88.8 Å². The van der Waals surface area contributed by atoms with Crippen LogP contribution in [0.5, 0.6) is 0 Å². The summed E-state index contributed by atoms with van der Waals surface area (Å²) < 4.78 is 0. The maximum atomic E-state index is 12.5. The zero-order valence-electron chi connectivity index (χ0n) is 12.7. The van der Waals surface area contributed by atoms with Crippen LogP contribution in [0.15, 0.2) is 18.2 Å². The highest BCUT2D eigenvalue weighted by atomic mass is 16.2. The quantitative estimate of drug-likeness (QED) is 0.885. The molecule has 2 aromatic heterocycles. The predicted molar refractivity (Wildman–Crippen MR) is 79.8 cm³/mol. The van der Waals surface area contributed by atoms with Crippen molar-refractivity contribution in [2.75, 3.05) is 11.9 Å². The Morgan fingerprint density at radius 3 is 3.05 bits per heavy atom. The van der Waals surface area contributed by atoms with Gasteiger partial charge in [-0.05, 0) is 43.7 Å². The lowest BCUT2D eigenvalue weighted by Crippen LogP contribution is -2.39. The highest BCUT2D eigenvalue weighted by molar-refractivity contribution is 5.94. The summed E-state index contributed by atoms with van der Waals surface area (Å²) in [6.07, 6.45) is 1.82. The number of amides is 1. The first-order valence-corrected chi connectivity index (χ1v) is 7.33. The molecule has 1 saturated heterocycles. The third-order valence-corrected chi connectivity index (χ3v) is 3.70. The zero-order chi connectivity index (χ0) is 15.5. The third kappa shape index (κ3) is 3.28. The van der Waals surface area contributed by atoms with Crippen LogP contribution in [-0.2, 0) is 18.4 Å². The molecule has 1 aliphatic rings. The molecule has 0 aromatic carbocycles. The largest absolute Gasteiger partial charge is 0.309 e. The van der Waals surface area contributed by atoms with Gasteiger partial charge in [0.1, 0.15) is 5.82 Å². The van der Waals surface area contributed by atoms with Gasteiger partial charge in [-0.15, -0.1) is 10.2 Å². The normalized spacial score (nSPS) is 18.5. The number of anilines is 1. The van der Waals surface area contributed by atoms with Crippen LogP contribution < -0.4 is 5.32 Å². The number of nitrogens with one attached hydrogen (secondary N) is 1. The Labute approximate surface area is 128 Å². The second-order valence-corrected chi connectivity index (χ2v) is 5.48. The number of hydrogen-bond donors (Lipinski definition) is 1. The summed E-state index contributed by atoms with van der Waals surface area (Å²) in [5.74, 6) is 1.20. The second kappa shape index (κ2) is 6.18. The molecule has 3 heterocycles. The summed E-state index contributed by atoms with van der Waals surface area (Å²) in [4.78, 5) is 20.3. The zero-order valence-corrected chi connectivity index (χ0v) is 12.7. The van der Waals surface area contributed by atoms with Crippen molar-refractivity contribution in [1.29, 1.82) is 0 Å². The van der Waals surface area contributed by atoms with Crippen LogP contribution in [0, 0.1) is 6.92 Å². The number of aromatic nitrogens is 5. The van der Waals surface area contributed by atoms with Crippen molar-refractivity contribution in [3.63, 3.8) is 0 Å². The van der Waals surface area contributed by atoms with Gasteiger partial charge < -0.3 is 5.32 Å². The van der Waals surface area contributed by atoms with Gasteiger partial charge in [0.25, 0.3) is 0 Å². The van der Waals surface area contributed by atoms with Gasteiger partial charge in [-0.3, -0.25) is 9.69 Å². The first kappa shape index (κ1) is 14.6. The summed E-state index contributed by atoms with van der Waals surface area (Å²) in [7, 11) is 1.73. The highest BCUT2D eigenvalue weighted by Crippen LogP contribution is 2.20. The van der Waals surface area contributed by atoms with Gasteiger partial charge in [0, 0.05) is 5.69 Å². The van der Waals surface area contributed by atoms with Crippen molar-refractivity contribution in [3.8, 4) is 0 Å². The predicted octanol–water partition coefficient (Wildman–Crippen LogP) is 0.517. The van der Waals surface area contributed by atoms with Crippen molar-refractivity contribution in [2.24, 2.45) is 7.05 Å². The number of likely N-dealkylation sites (tertiary alicyclic amines) is 1. The van der Waals surface area contributed by atoms with E-state index in [0.717, 1.165) is 25.1 Å². The number of hydrogen-bond acceptors (Lipinski definition) is 6. The summed E-state index contributed by atoms with van der Waals surface area (Å²) in [6, 6.07) is 5.41. The maximum absolute atomic E-state index is 12.5. The Morgan fingerprint density at radius 1 is 1.45 bits per heavy atom. The van der Waals surface area contributed by atoms with E-state index in [9.17, 15) is 4.79 Å². The number of tetrazole rings is 1. The average molecular weight is 301 g/mol. The van der Waals surface area contributed by atoms with E-state index in [0.29, 0.717) is 18.2 Å². The molecule has 1 fully saturated rings. The van der Waals surface area contributed by atoms with Gasteiger partial charge >= 0.3 is 0 Å². The summed E-state index contributed by atoms with van der Waals surface area (Å²) in [5, 5.41) is 14.9. The molecular weight excluding hydrogens is 282 g/mol. The average Bonchev–Trinajstić information content (AvgIpc) is 3.08. The molecule has 116 valence electrons. The number of carbonyl (C=O) groups is 1. The molecule has 8 nitrogen and oxygen atoms in total. The van der Waals surface area contributed by atoms with Gasteiger partial charge in [0.2, 0.25) is 5.91 Å². The first-order chi connectivity index (χ1) is 10.6. The summed E-state index contributed by atoms with van der Waals surface area (Å²) in [6.45, 7) is 3.29. The number of aryl methyl sites for hydroxylation is 2. The van der Waals surface area contributed by atoms with E-state index in [1.807, 2.05) is 19.1 Å². The van der Waals surface area contributed by atoms with E-state index in [4.69, 9.17) is 0 Å². The van der Waals surface area contributed by atoms with Gasteiger partial charge in [0.05, 0.1) is 19.6 Å². The van der Waals surface area contributed by atoms with Gasteiger partial charge in [-0.25, -0.2) is 4.98 Å². The van der Waals surface area contributed by atoms with Crippen molar-refractivity contribution in [2.45, 2.75) is 32.4 Å². The molecule has 0 bridgehead atoms. The molecule has 0 unspecified atom stereocenters. The molecule has 2 aromatic rings. The first-order valence-electron chi connectivity index (χ1n) is 7.33. The molecule has 0 aliphatic carbocycles. The lowest BCUT2D eigenvalue weighted by atomic mass is 10.2. The van der Waals surface area contributed by atoms with E-state index >= 15 is 0 Å². The van der Waals surface area contributed by atoms with Crippen LogP contribution in [-0.4, -0.2) is 48.6 Å². The monoisotopic (exact) mass is 301 g/mol. The number of pyridine rings is 1. The molecule has 0 saturated carbocycles. The van der Waals surface area contributed by atoms with E-state index in [1.165, 1.54) is 4.80 Å². The summed E-state index contributed by atoms with van der Waals surface area (Å²) >= 11 is 0. The molecule has 3 rings (SSSR count). The molecule has 8 heteroatoms. The Morgan fingerprint density at radius 2 is 2.32 bits per heavy atom. The molecule has 1 atom stereocenters. The minimum absolute atomic E-state index is 0.0282. The van der Waals surface area contributed by atoms with Crippen LogP contribution in [0.4, 0.5) is 5.82 Å². The van der Waals surface area contributed by atoms with Crippen molar-refractivity contribution in [1.82, 2.24) is 30.1 Å². The summed E-state index contributed by atoms with van der Waals surface area (Å²) in [5.41, 5.74) is 0.879. The van der Waals surface area contributed by atoms with Crippen molar-refractivity contribution < 1.29 is 4.79 Å². The van der Waals surface area contributed by atoms with Crippen LogP contribution >= 0.6 is 0 Å². The van der Waals surface area contributed by atoms with E-state index in [-0.39, 0.29) is 11.9 Å². The van der Waals surface area contributed by atoms with Gasteiger partial charge in [-0.1, -0.05) is 6.07 Å². The van der Waals surface area contributed by atoms with Crippen LogP contribution in [0.2, 0.25) is 0 Å². The third-order valence-electron chi connectivity index (χ3n) is 3.70.